The minimum absolute atomic E-state index is 0.332. The maximum Gasteiger partial charge on any atom is 0.224 e. The van der Waals surface area contributed by atoms with Crippen LogP contribution in [0.4, 0.5) is 16.2 Å². The molecule has 0 saturated heterocycles. The van der Waals surface area contributed by atoms with E-state index >= 15 is 0 Å². The fraction of sp³-hybridized carbons (Fsp3) is 0.385. The van der Waals surface area contributed by atoms with Crippen molar-refractivity contribution in [3.05, 3.63) is 36.2 Å². The number of hydrogen-bond donors (Lipinski definition) is 1. The summed E-state index contributed by atoms with van der Waals surface area (Å²) in [6, 6.07) is 4.04. The van der Waals surface area contributed by atoms with Crippen molar-refractivity contribution in [2.45, 2.75) is 25.4 Å². The molecule has 0 aromatic carbocycles. The van der Waals surface area contributed by atoms with Gasteiger partial charge in [-0.25, -0.2) is 9.37 Å². The highest BCUT2D eigenvalue weighted by molar-refractivity contribution is 5.46. The largest absolute Gasteiger partial charge is 0.467 e. The Hall–Kier alpha value is -2.11. The molecule has 5 nitrogen and oxygen atoms in total. The third kappa shape index (κ3) is 2.52. The van der Waals surface area contributed by atoms with Crippen LogP contribution in [0.25, 0.3) is 0 Å². The van der Waals surface area contributed by atoms with Gasteiger partial charge in [0.1, 0.15) is 5.76 Å². The van der Waals surface area contributed by atoms with Crippen LogP contribution in [-0.2, 0) is 6.54 Å². The van der Waals surface area contributed by atoms with Crippen molar-refractivity contribution in [1.82, 2.24) is 9.97 Å². The number of aromatic nitrogens is 2. The third-order valence-corrected chi connectivity index (χ3v) is 3.12. The molecule has 6 heteroatoms. The monoisotopic (exact) mass is 262 g/mol. The molecule has 19 heavy (non-hydrogen) atoms. The van der Waals surface area contributed by atoms with Gasteiger partial charge in [-0.1, -0.05) is 0 Å². The summed E-state index contributed by atoms with van der Waals surface area (Å²) in [5.74, 6) is 1.15. The van der Waals surface area contributed by atoms with Crippen molar-refractivity contribution in [2.24, 2.45) is 0 Å². The third-order valence-electron chi connectivity index (χ3n) is 3.12. The first kappa shape index (κ1) is 12.0. The second-order valence-electron chi connectivity index (χ2n) is 4.55. The van der Waals surface area contributed by atoms with Crippen LogP contribution in [0.1, 0.15) is 18.6 Å². The standard InChI is InChI=1S/C13H15FN4O/c1-15-13-16-7-11(14)12(17-13)18(9-4-5-9)8-10-3-2-6-19-10/h2-3,6-7,9H,4-5,8H2,1H3,(H,15,16,17). The van der Waals surface area contributed by atoms with Crippen LogP contribution in [0.5, 0.6) is 0 Å². The quantitative estimate of drug-likeness (QED) is 0.896. The molecule has 0 radical (unpaired) electrons. The number of anilines is 2. The Morgan fingerprint density at radius 1 is 1.53 bits per heavy atom. The first-order chi connectivity index (χ1) is 9.28. The Morgan fingerprint density at radius 3 is 3.00 bits per heavy atom. The smallest absolute Gasteiger partial charge is 0.224 e. The lowest BCUT2D eigenvalue weighted by Gasteiger charge is -2.22. The molecule has 0 atom stereocenters. The summed E-state index contributed by atoms with van der Waals surface area (Å²) in [7, 11) is 1.71. The van der Waals surface area contributed by atoms with Gasteiger partial charge in [-0.3, -0.25) is 0 Å². The Kier molecular flexibility index (Phi) is 3.06. The van der Waals surface area contributed by atoms with Crippen LogP contribution < -0.4 is 10.2 Å². The summed E-state index contributed by atoms with van der Waals surface area (Å²) < 4.78 is 19.3. The SMILES string of the molecule is CNc1ncc(F)c(N(Cc2ccco2)C2CC2)n1. The predicted molar refractivity (Wildman–Crippen MR) is 69.4 cm³/mol. The van der Waals surface area contributed by atoms with E-state index in [1.807, 2.05) is 17.0 Å². The minimum atomic E-state index is -0.405. The molecule has 1 aliphatic carbocycles. The molecule has 2 heterocycles. The van der Waals surface area contributed by atoms with Gasteiger partial charge in [-0.05, 0) is 25.0 Å². The van der Waals surface area contributed by atoms with Crippen molar-refractivity contribution >= 4 is 11.8 Å². The number of nitrogens with zero attached hydrogens (tertiary/aromatic N) is 3. The molecule has 0 bridgehead atoms. The van der Waals surface area contributed by atoms with Crippen LogP contribution in [0, 0.1) is 5.82 Å². The topological polar surface area (TPSA) is 54.2 Å². The van der Waals surface area contributed by atoms with E-state index in [4.69, 9.17) is 4.42 Å². The molecule has 1 saturated carbocycles. The van der Waals surface area contributed by atoms with E-state index in [0.717, 1.165) is 18.6 Å². The normalized spacial score (nSPS) is 14.4. The Morgan fingerprint density at radius 2 is 2.37 bits per heavy atom. The Balaban J connectivity index is 1.91. The first-order valence-corrected chi connectivity index (χ1v) is 6.27. The highest BCUT2D eigenvalue weighted by Crippen LogP contribution is 2.33. The van der Waals surface area contributed by atoms with Crippen LogP contribution in [-0.4, -0.2) is 23.1 Å². The number of nitrogens with one attached hydrogen (secondary N) is 1. The van der Waals surface area contributed by atoms with Gasteiger partial charge >= 0.3 is 0 Å². The zero-order chi connectivity index (χ0) is 13.2. The maximum absolute atomic E-state index is 13.9. The first-order valence-electron chi connectivity index (χ1n) is 6.27. The van der Waals surface area contributed by atoms with Crippen molar-refractivity contribution in [3.63, 3.8) is 0 Å². The summed E-state index contributed by atoms with van der Waals surface area (Å²) >= 11 is 0. The molecule has 0 unspecified atom stereocenters. The molecule has 2 aromatic rings. The van der Waals surface area contributed by atoms with E-state index in [2.05, 4.69) is 15.3 Å². The van der Waals surface area contributed by atoms with Crippen molar-refractivity contribution in [3.8, 4) is 0 Å². The summed E-state index contributed by atoms with van der Waals surface area (Å²) in [5, 5.41) is 2.83. The summed E-state index contributed by atoms with van der Waals surface area (Å²) in [6.07, 6.45) is 4.93. The molecule has 2 aromatic heterocycles. The number of rotatable bonds is 5. The molecule has 100 valence electrons. The second kappa shape index (κ2) is 4.87. The molecule has 0 spiro atoms. The highest BCUT2D eigenvalue weighted by Gasteiger charge is 2.32. The number of hydrogen-bond acceptors (Lipinski definition) is 5. The van der Waals surface area contributed by atoms with Gasteiger partial charge in [0.05, 0.1) is 19.0 Å². The van der Waals surface area contributed by atoms with Crippen LogP contribution in [0.2, 0.25) is 0 Å². The van der Waals surface area contributed by atoms with Crippen LogP contribution in [0.3, 0.4) is 0 Å². The highest BCUT2D eigenvalue weighted by atomic mass is 19.1. The average molecular weight is 262 g/mol. The zero-order valence-electron chi connectivity index (χ0n) is 10.6. The van der Waals surface area contributed by atoms with E-state index in [1.165, 1.54) is 6.20 Å². The van der Waals surface area contributed by atoms with Gasteiger partial charge in [0.2, 0.25) is 5.95 Å². The maximum atomic E-state index is 13.9. The molecular formula is C13H15FN4O. The minimum Gasteiger partial charge on any atom is -0.467 e. The molecule has 0 aliphatic heterocycles. The second-order valence-corrected chi connectivity index (χ2v) is 4.55. The van der Waals surface area contributed by atoms with Crippen molar-refractivity contribution in [2.75, 3.05) is 17.3 Å². The molecule has 1 N–H and O–H groups in total. The van der Waals surface area contributed by atoms with Crippen LogP contribution >= 0.6 is 0 Å². The van der Waals surface area contributed by atoms with Crippen molar-refractivity contribution < 1.29 is 8.81 Å². The predicted octanol–water partition coefficient (Wildman–Crippen LogP) is 2.42. The molecule has 0 amide bonds. The molecule has 1 aliphatic rings. The summed E-state index contributed by atoms with van der Waals surface area (Å²) in [5.41, 5.74) is 0. The number of halogens is 1. The van der Waals surface area contributed by atoms with Gasteiger partial charge in [-0.15, -0.1) is 0 Å². The Labute approximate surface area is 110 Å². The van der Waals surface area contributed by atoms with Gasteiger partial charge in [0, 0.05) is 13.1 Å². The summed E-state index contributed by atoms with van der Waals surface area (Å²) in [4.78, 5) is 10.0. The van der Waals surface area contributed by atoms with E-state index in [9.17, 15) is 4.39 Å². The van der Waals surface area contributed by atoms with Gasteiger partial charge in [-0.2, -0.15) is 4.98 Å². The fourth-order valence-corrected chi connectivity index (χ4v) is 2.01. The lowest BCUT2D eigenvalue weighted by molar-refractivity contribution is 0.496. The Bertz CT molecular complexity index is 554. The van der Waals surface area contributed by atoms with E-state index in [1.54, 1.807) is 13.3 Å². The van der Waals surface area contributed by atoms with Gasteiger partial charge in [0.15, 0.2) is 11.6 Å². The van der Waals surface area contributed by atoms with E-state index in [0.29, 0.717) is 24.4 Å². The lowest BCUT2D eigenvalue weighted by Crippen LogP contribution is -2.27. The van der Waals surface area contributed by atoms with Gasteiger partial charge in [0.25, 0.3) is 0 Å². The lowest BCUT2D eigenvalue weighted by atomic mass is 10.3. The zero-order valence-corrected chi connectivity index (χ0v) is 10.6. The van der Waals surface area contributed by atoms with E-state index in [-0.39, 0.29) is 0 Å². The fourth-order valence-electron chi connectivity index (χ4n) is 2.01. The van der Waals surface area contributed by atoms with E-state index < -0.39 is 5.82 Å². The molecular weight excluding hydrogens is 247 g/mol. The average Bonchev–Trinajstić information content (AvgIpc) is 3.14. The van der Waals surface area contributed by atoms with Crippen molar-refractivity contribution in [1.29, 1.82) is 0 Å². The molecule has 3 rings (SSSR count). The summed E-state index contributed by atoms with van der Waals surface area (Å²) in [6.45, 7) is 0.523. The van der Waals surface area contributed by atoms with Gasteiger partial charge < -0.3 is 14.6 Å². The molecule has 1 fully saturated rings. The van der Waals surface area contributed by atoms with Crippen LogP contribution in [0.15, 0.2) is 29.0 Å². The number of furan rings is 1.